The molecular formula is C11H23N3O2S. The Balaban J connectivity index is 2.12. The van der Waals surface area contributed by atoms with Gasteiger partial charge >= 0.3 is 0 Å². The Morgan fingerprint density at radius 3 is 2.47 bits per heavy atom. The van der Waals surface area contributed by atoms with Crippen molar-refractivity contribution in [3.63, 3.8) is 0 Å². The highest BCUT2D eigenvalue weighted by Gasteiger charge is 2.37. The van der Waals surface area contributed by atoms with Crippen molar-refractivity contribution in [2.75, 3.05) is 26.2 Å². The third-order valence-corrected chi connectivity index (χ3v) is 6.06. The zero-order valence-corrected chi connectivity index (χ0v) is 11.3. The molecule has 2 rings (SSSR count). The molecule has 100 valence electrons. The zero-order chi connectivity index (χ0) is 12.5. The monoisotopic (exact) mass is 261 g/mol. The van der Waals surface area contributed by atoms with Gasteiger partial charge in [0.25, 0.3) is 10.2 Å². The molecule has 0 aliphatic carbocycles. The summed E-state index contributed by atoms with van der Waals surface area (Å²) in [5.41, 5.74) is 5.67. The Morgan fingerprint density at radius 2 is 1.88 bits per heavy atom. The van der Waals surface area contributed by atoms with Gasteiger partial charge in [0, 0.05) is 25.7 Å². The maximum absolute atomic E-state index is 12.5. The van der Waals surface area contributed by atoms with Crippen molar-refractivity contribution in [3.8, 4) is 0 Å². The van der Waals surface area contributed by atoms with Gasteiger partial charge in [-0.3, -0.25) is 0 Å². The summed E-state index contributed by atoms with van der Waals surface area (Å²) < 4.78 is 28.2. The second-order valence-corrected chi connectivity index (χ2v) is 7.09. The van der Waals surface area contributed by atoms with E-state index in [4.69, 9.17) is 5.73 Å². The molecule has 2 heterocycles. The van der Waals surface area contributed by atoms with Crippen LogP contribution >= 0.6 is 0 Å². The standard InChI is InChI=1S/C11H23N3O2S/c1-10-4-5-11(8-12)9-14(10)17(15,16)13-6-2-3-7-13/h10-11H,2-9,12H2,1H3. The van der Waals surface area contributed by atoms with E-state index in [-0.39, 0.29) is 6.04 Å². The van der Waals surface area contributed by atoms with Crippen LogP contribution < -0.4 is 5.73 Å². The summed E-state index contributed by atoms with van der Waals surface area (Å²) in [6, 6.07) is 0.114. The van der Waals surface area contributed by atoms with Crippen LogP contribution in [0, 0.1) is 5.92 Å². The molecule has 0 aromatic heterocycles. The van der Waals surface area contributed by atoms with Gasteiger partial charge in [0.2, 0.25) is 0 Å². The van der Waals surface area contributed by atoms with Crippen molar-refractivity contribution in [2.24, 2.45) is 11.7 Å². The maximum Gasteiger partial charge on any atom is 0.282 e. The van der Waals surface area contributed by atoms with E-state index in [0.29, 0.717) is 32.1 Å². The first kappa shape index (κ1) is 13.3. The molecule has 6 heteroatoms. The number of piperidine rings is 1. The Morgan fingerprint density at radius 1 is 1.24 bits per heavy atom. The lowest BCUT2D eigenvalue weighted by molar-refractivity contribution is 0.199. The van der Waals surface area contributed by atoms with Gasteiger partial charge < -0.3 is 5.73 Å². The first-order valence-electron chi connectivity index (χ1n) is 6.52. The minimum absolute atomic E-state index is 0.114. The molecule has 0 aromatic carbocycles. The van der Waals surface area contributed by atoms with E-state index in [2.05, 4.69) is 0 Å². The van der Waals surface area contributed by atoms with Gasteiger partial charge in [-0.05, 0) is 45.1 Å². The lowest BCUT2D eigenvalue weighted by Crippen LogP contribution is -2.52. The van der Waals surface area contributed by atoms with Crippen LogP contribution in [0.4, 0.5) is 0 Å². The van der Waals surface area contributed by atoms with E-state index in [9.17, 15) is 8.42 Å². The molecule has 0 saturated carbocycles. The van der Waals surface area contributed by atoms with E-state index >= 15 is 0 Å². The van der Waals surface area contributed by atoms with Crippen molar-refractivity contribution in [1.82, 2.24) is 8.61 Å². The van der Waals surface area contributed by atoms with Crippen LogP contribution in [0.15, 0.2) is 0 Å². The molecule has 0 spiro atoms. The molecule has 2 atom stereocenters. The molecule has 17 heavy (non-hydrogen) atoms. The van der Waals surface area contributed by atoms with Crippen LogP contribution in [0.25, 0.3) is 0 Å². The summed E-state index contributed by atoms with van der Waals surface area (Å²) in [6.07, 6.45) is 3.95. The quantitative estimate of drug-likeness (QED) is 0.799. The molecule has 2 fully saturated rings. The zero-order valence-electron chi connectivity index (χ0n) is 10.5. The highest BCUT2D eigenvalue weighted by Crippen LogP contribution is 2.27. The van der Waals surface area contributed by atoms with Crippen LogP contribution in [0.5, 0.6) is 0 Å². The lowest BCUT2D eigenvalue weighted by Gasteiger charge is -2.38. The van der Waals surface area contributed by atoms with Gasteiger partial charge in [-0.25, -0.2) is 0 Å². The third-order valence-electron chi connectivity index (χ3n) is 3.94. The van der Waals surface area contributed by atoms with Crippen LogP contribution in [0.2, 0.25) is 0 Å². The van der Waals surface area contributed by atoms with E-state index in [1.807, 2.05) is 6.92 Å². The Labute approximate surface area is 104 Å². The topological polar surface area (TPSA) is 66.6 Å². The molecule has 0 amide bonds. The SMILES string of the molecule is CC1CCC(CN)CN1S(=O)(=O)N1CCCC1. The number of hydrogen-bond acceptors (Lipinski definition) is 3. The number of hydrogen-bond donors (Lipinski definition) is 1. The highest BCUT2D eigenvalue weighted by atomic mass is 32.2. The fourth-order valence-corrected chi connectivity index (χ4v) is 4.70. The van der Waals surface area contributed by atoms with Gasteiger partial charge in [0.05, 0.1) is 0 Å². The second-order valence-electron chi connectivity index (χ2n) is 5.21. The molecule has 2 aliphatic rings. The van der Waals surface area contributed by atoms with Crippen LogP contribution in [-0.2, 0) is 10.2 Å². The predicted molar refractivity (Wildman–Crippen MR) is 67.7 cm³/mol. The molecule has 0 aromatic rings. The largest absolute Gasteiger partial charge is 0.330 e. The summed E-state index contributed by atoms with van der Waals surface area (Å²) in [4.78, 5) is 0. The summed E-state index contributed by atoms with van der Waals surface area (Å²) >= 11 is 0. The highest BCUT2D eigenvalue weighted by molar-refractivity contribution is 7.86. The van der Waals surface area contributed by atoms with E-state index in [0.717, 1.165) is 25.7 Å². The van der Waals surface area contributed by atoms with Crippen molar-refractivity contribution in [2.45, 2.75) is 38.6 Å². The van der Waals surface area contributed by atoms with Gasteiger partial charge in [0.15, 0.2) is 0 Å². The fourth-order valence-electron chi connectivity index (χ4n) is 2.73. The average molecular weight is 261 g/mol. The average Bonchev–Trinajstić information content (AvgIpc) is 2.83. The summed E-state index contributed by atoms with van der Waals surface area (Å²) in [5, 5.41) is 0. The van der Waals surface area contributed by atoms with Crippen LogP contribution in [-0.4, -0.2) is 49.2 Å². The van der Waals surface area contributed by atoms with Crippen LogP contribution in [0.1, 0.15) is 32.6 Å². The van der Waals surface area contributed by atoms with Gasteiger partial charge in [-0.1, -0.05) is 0 Å². The van der Waals surface area contributed by atoms with Gasteiger partial charge in [-0.2, -0.15) is 17.0 Å². The molecule has 2 unspecified atom stereocenters. The summed E-state index contributed by atoms with van der Waals surface area (Å²) in [6.45, 7) is 4.54. The Kier molecular flexibility index (Phi) is 4.07. The minimum Gasteiger partial charge on any atom is -0.330 e. The van der Waals surface area contributed by atoms with E-state index in [1.54, 1.807) is 8.61 Å². The lowest BCUT2D eigenvalue weighted by atomic mass is 9.96. The summed E-state index contributed by atoms with van der Waals surface area (Å²) in [7, 11) is -3.24. The maximum atomic E-state index is 12.5. The molecule has 2 saturated heterocycles. The first-order valence-corrected chi connectivity index (χ1v) is 7.92. The fraction of sp³-hybridized carbons (Fsp3) is 1.00. The molecule has 0 radical (unpaired) electrons. The van der Waals surface area contributed by atoms with Crippen molar-refractivity contribution in [1.29, 1.82) is 0 Å². The number of rotatable bonds is 3. The predicted octanol–water partition coefficient (Wildman–Crippen LogP) is 0.386. The van der Waals surface area contributed by atoms with Crippen molar-refractivity contribution < 1.29 is 8.42 Å². The number of nitrogens with two attached hydrogens (primary N) is 1. The smallest absolute Gasteiger partial charge is 0.282 e. The van der Waals surface area contributed by atoms with E-state index < -0.39 is 10.2 Å². The molecule has 0 bridgehead atoms. The Bertz CT molecular complexity index is 352. The third kappa shape index (κ3) is 2.65. The van der Waals surface area contributed by atoms with Crippen LogP contribution in [0.3, 0.4) is 0 Å². The number of nitrogens with zero attached hydrogens (tertiary/aromatic N) is 2. The molecule has 2 N–H and O–H groups in total. The molecule has 2 aliphatic heterocycles. The second kappa shape index (κ2) is 5.22. The first-order chi connectivity index (χ1) is 8.05. The van der Waals surface area contributed by atoms with Crippen molar-refractivity contribution in [3.05, 3.63) is 0 Å². The Hall–Kier alpha value is -0.170. The van der Waals surface area contributed by atoms with Gasteiger partial charge in [-0.15, -0.1) is 0 Å². The summed E-state index contributed by atoms with van der Waals surface area (Å²) in [5.74, 6) is 0.323. The normalized spacial score (nSPS) is 33.1. The minimum atomic E-state index is -3.24. The van der Waals surface area contributed by atoms with Crippen molar-refractivity contribution >= 4 is 10.2 Å². The molecule has 5 nitrogen and oxygen atoms in total. The van der Waals surface area contributed by atoms with E-state index in [1.165, 1.54) is 0 Å². The molecular weight excluding hydrogens is 238 g/mol. The van der Waals surface area contributed by atoms with Gasteiger partial charge in [0.1, 0.15) is 0 Å².